The molecule has 1 aromatic carbocycles. The van der Waals surface area contributed by atoms with Gasteiger partial charge in [0.1, 0.15) is 17.8 Å². The van der Waals surface area contributed by atoms with Crippen molar-refractivity contribution in [1.29, 1.82) is 0 Å². The molecular weight excluding hydrogens is 292 g/mol. The summed E-state index contributed by atoms with van der Waals surface area (Å²) >= 11 is 0. The van der Waals surface area contributed by atoms with E-state index in [0.29, 0.717) is 17.4 Å². The summed E-state index contributed by atoms with van der Waals surface area (Å²) in [4.78, 5) is 14.7. The number of nitrogens with one attached hydrogen (secondary N) is 1. The SMILES string of the molecule is COc1cc2[nH]c3ncnc(N4CCC(C)C4)c3c2cc1OC. The van der Waals surface area contributed by atoms with E-state index in [2.05, 4.69) is 26.8 Å². The first-order valence-electron chi connectivity index (χ1n) is 7.84. The Morgan fingerprint density at radius 1 is 1.17 bits per heavy atom. The zero-order valence-corrected chi connectivity index (χ0v) is 13.6. The first-order valence-corrected chi connectivity index (χ1v) is 7.84. The minimum absolute atomic E-state index is 0.694. The maximum absolute atomic E-state index is 5.45. The largest absolute Gasteiger partial charge is 0.493 e. The van der Waals surface area contributed by atoms with Gasteiger partial charge < -0.3 is 19.4 Å². The number of aromatic nitrogens is 3. The van der Waals surface area contributed by atoms with E-state index in [-0.39, 0.29) is 0 Å². The summed E-state index contributed by atoms with van der Waals surface area (Å²) in [6.07, 6.45) is 2.83. The average molecular weight is 312 g/mol. The highest BCUT2D eigenvalue weighted by Gasteiger charge is 2.24. The van der Waals surface area contributed by atoms with Gasteiger partial charge in [0.15, 0.2) is 11.5 Å². The van der Waals surface area contributed by atoms with Gasteiger partial charge in [-0.2, -0.15) is 0 Å². The monoisotopic (exact) mass is 312 g/mol. The van der Waals surface area contributed by atoms with Crippen molar-refractivity contribution in [2.24, 2.45) is 5.92 Å². The highest BCUT2D eigenvalue weighted by molar-refractivity contribution is 6.12. The molecule has 6 nitrogen and oxygen atoms in total. The second kappa shape index (κ2) is 5.30. The molecule has 3 heterocycles. The lowest BCUT2D eigenvalue weighted by molar-refractivity contribution is 0.356. The molecule has 0 aliphatic carbocycles. The molecule has 6 heteroatoms. The molecule has 0 spiro atoms. The molecule has 0 saturated carbocycles. The van der Waals surface area contributed by atoms with E-state index in [1.807, 2.05) is 12.1 Å². The van der Waals surface area contributed by atoms with E-state index in [0.717, 1.165) is 40.8 Å². The van der Waals surface area contributed by atoms with Crippen LogP contribution in [0.5, 0.6) is 11.5 Å². The molecule has 1 aliphatic rings. The van der Waals surface area contributed by atoms with Crippen LogP contribution in [0.1, 0.15) is 13.3 Å². The van der Waals surface area contributed by atoms with Gasteiger partial charge in [-0.25, -0.2) is 9.97 Å². The number of rotatable bonds is 3. The van der Waals surface area contributed by atoms with Crippen LogP contribution < -0.4 is 14.4 Å². The van der Waals surface area contributed by atoms with Crippen molar-refractivity contribution in [3.63, 3.8) is 0 Å². The Bertz CT molecular complexity index is 874. The van der Waals surface area contributed by atoms with Crippen LogP contribution in [0.25, 0.3) is 21.9 Å². The number of hydrogen-bond donors (Lipinski definition) is 1. The molecule has 23 heavy (non-hydrogen) atoms. The van der Waals surface area contributed by atoms with Crippen LogP contribution in [-0.2, 0) is 0 Å². The number of H-pyrrole nitrogens is 1. The average Bonchev–Trinajstić information content (AvgIpc) is 3.16. The van der Waals surface area contributed by atoms with Crippen LogP contribution in [0, 0.1) is 5.92 Å². The molecule has 1 fully saturated rings. The molecule has 0 amide bonds. The van der Waals surface area contributed by atoms with Gasteiger partial charge in [-0.05, 0) is 18.4 Å². The molecule has 3 aromatic rings. The third kappa shape index (κ3) is 2.17. The van der Waals surface area contributed by atoms with Crippen LogP contribution in [0.3, 0.4) is 0 Å². The number of benzene rings is 1. The van der Waals surface area contributed by atoms with Crippen molar-refractivity contribution < 1.29 is 9.47 Å². The first-order chi connectivity index (χ1) is 11.2. The Hall–Kier alpha value is -2.50. The number of methoxy groups -OCH3 is 2. The molecule has 1 N–H and O–H groups in total. The number of aromatic amines is 1. The van der Waals surface area contributed by atoms with E-state index >= 15 is 0 Å². The smallest absolute Gasteiger partial charge is 0.162 e. The fourth-order valence-electron chi connectivity index (χ4n) is 3.40. The number of fused-ring (bicyclic) bond motifs is 3. The van der Waals surface area contributed by atoms with E-state index < -0.39 is 0 Å². The number of hydrogen-bond acceptors (Lipinski definition) is 5. The third-order valence-corrected chi connectivity index (χ3v) is 4.60. The zero-order valence-electron chi connectivity index (χ0n) is 13.6. The molecule has 0 bridgehead atoms. The van der Waals surface area contributed by atoms with Crippen molar-refractivity contribution in [3.05, 3.63) is 18.5 Å². The molecule has 1 aliphatic heterocycles. The van der Waals surface area contributed by atoms with Crippen molar-refractivity contribution in [3.8, 4) is 11.5 Å². The lowest BCUT2D eigenvalue weighted by Gasteiger charge is -2.17. The van der Waals surface area contributed by atoms with Gasteiger partial charge in [-0.3, -0.25) is 0 Å². The van der Waals surface area contributed by atoms with E-state index in [4.69, 9.17) is 9.47 Å². The summed E-state index contributed by atoms with van der Waals surface area (Å²) in [5.74, 6) is 3.11. The number of nitrogens with zero attached hydrogens (tertiary/aromatic N) is 3. The summed E-state index contributed by atoms with van der Waals surface area (Å²) < 4.78 is 10.8. The van der Waals surface area contributed by atoms with Crippen molar-refractivity contribution in [1.82, 2.24) is 15.0 Å². The summed E-state index contributed by atoms with van der Waals surface area (Å²) in [6.45, 7) is 4.35. The molecular formula is C17H20N4O2. The molecule has 2 aromatic heterocycles. The molecule has 1 atom stereocenters. The fourth-order valence-corrected chi connectivity index (χ4v) is 3.40. The molecule has 1 saturated heterocycles. The molecule has 1 unspecified atom stereocenters. The summed E-state index contributed by atoms with van der Waals surface area (Å²) in [5, 5.41) is 2.12. The van der Waals surface area contributed by atoms with Crippen molar-refractivity contribution in [2.75, 3.05) is 32.2 Å². The van der Waals surface area contributed by atoms with E-state index in [9.17, 15) is 0 Å². The van der Waals surface area contributed by atoms with Crippen LogP contribution in [-0.4, -0.2) is 42.3 Å². The van der Waals surface area contributed by atoms with Crippen LogP contribution >= 0.6 is 0 Å². The highest BCUT2D eigenvalue weighted by Crippen LogP contribution is 2.38. The molecule has 4 rings (SSSR count). The Morgan fingerprint density at radius 3 is 2.65 bits per heavy atom. The van der Waals surface area contributed by atoms with Crippen LogP contribution in [0.4, 0.5) is 5.82 Å². The fraction of sp³-hybridized carbons (Fsp3) is 0.412. The lowest BCUT2D eigenvalue weighted by Crippen LogP contribution is -2.20. The van der Waals surface area contributed by atoms with Gasteiger partial charge in [0, 0.05) is 24.5 Å². The molecule has 0 radical (unpaired) electrons. The second-order valence-corrected chi connectivity index (χ2v) is 6.14. The lowest BCUT2D eigenvalue weighted by atomic mass is 10.1. The number of ether oxygens (including phenoxy) is 2. The van der Waals surface area contributed by atoms with Gasteiger partial charge in [-0.1, -0.05) is 6.92 Å². The molecule has 120 valence electrons. The van der Waals surface area contributed by atoms with Crippen molar-refractivity contribution >= 4 is 27.8 Å². The predicted molar refractivity (Wildman–Crippen MR) is 90.5 cm³/mol. The zero-order chi connectivity index (χ0) is 16.0. The quantitative estimate of drug-likeness (QED) is 0.805. The van der Waals surface area contributed by atoms with Gasteiger partial charge in [0.05, 0.1) is 25.1 Å². The number of anilines is 1. The minimum Gasteiger partial charge on any atom is -0.493 e. The topological polar surface area (TPSA) is 63.3 Å². The van der Waals surface area contributed by atoms with Crippen molar-refractivity contribution in [2.45, 2.75) is 13.3 Å². The first kappa shape index (κ1) is 14.1. The maximum Gasteiger partial charge on any atom is 0.162 e. The summed E-state index contributed by atoms with van der Waals surface area (Å²) in [7, 11) is 3.29. The third-order valence-electron chi connectivity index (χ3n) is 4.60. The Labute approximate surface area is 134 Å². The van der Waals surface area contributed by atoms with Gasteiger partial charge in [0.25, 0.3) is 0 Å². The van der Waals surface area contributed by atoms with Gasteiger partial charge in [-0.15, -0.1) is 0 Å². The normalized spacial score (nSPS) is 18.0. The standard InChI is InChI=1S/C17H20N4O2/c1-10-4-5-21(8-10)17-15-11-6-13(22-2)14(23-3)7-12(11)20-16(15)18-9-19-17/h6-7,9-10H,4-5,8H2,1-3H3,(H,18,19,20). The maximum atomic E-state index is 5.45. The van der Waals surface area contributed by atoms with E-state index in [1.54, 1.807) is 20.5 Å². The Kier molecular flexibility index (Phi) is 3.25. The minimum atomic E-state index is 0.694. The Morgan fingerprint density at radius 2 is 1.96 bits per heavy atom. The van der Waals surface area contributed by atoms with Gasteiger partial charge in [0.2, 0.25) is 0 Å². The summed E-state index contributed by atoms with van der Waals surface area (Å²) in [5.41, 5.74) is 1.83. The van der Waals surface area contributed by atoms with E-state index in [1.165, 1.54) is 6.42 Å². The van der Waals surface area contributed by atoms with Crippen LogP contribution in [0.15, 0.2) is 18.5 Å². The summed E-state index contributed by atoms with van der Waals surface area (Å²) in [6, 6.07) is 3.95. The predicted octanol–water partition coefficient (Wildman–Crippen LogP) is 2.97. The highest BCUT2D eigenvalue weighted by atomic mass is 16.5. The van der Waals surface area contributed by atoms with Crippen LogP contribution in [0.2, 0.25) is 0 Å². The second-order valence-electron chi connectivity index (χ2n) is 6.14. The Balaban J connectivity index is 1.98. The van der Waals surface area contributed by atoms with Gasteiger partial charge >= 0.3 is 0 Å².